The van der Waals surface area contributed by atoms with E-state index in [4.69, 9.17) is 5.11 Å². The molecule has 22 heavy (non-hydrogen) atoms. The first-order valence-electron chi connectivity index (χ1n) is 7.42. The van der Waals surface area contributed by atoms with Crippen molar-refractivity contribution in [3.8, 4) is 0 Å². The molecule has 0 saturated heterocycles. The minimum atomic E-state index is -0.902. The lowest BCUT2D eigenvalue weighted by molar-refractivity contribution is -0.144. The fourth-order valence-electron chi connectivity index (χ4n) is 2.86. The molecule has 1 fully saturated rings. The average molecular weight is 311 g/mol. The van der Waals surface area contributed by atoms with Crippen LogP contribution in [0.2, 0.25) is 0 Å². The van der Waals surface area contributed by atoms with E-state index in [2.05, 4.69) is 5.32 Å². The van der Waals surface area contributed by atoms with Crippen LogP contribution in [-0.4, -0.2) is 23.5 Å². The van der Waals surface area contributed by atoms with Gasteiger partial charge in [-0.1, -0.05) is 18.6 Å². The highest BCUT2D eigenvalue weighted by Gasteiger charge is 2.30. The number of carboxylic acids is 1. The zero-order valence-electron chi connectivity index (χ0n) is 12.1. The molecule has 0 radical (unpaired) electrons. The standard InChI is InChI=1S/C16H19F2NO3/c17-13-6-2-3-10(14(13)18)7-8-19-15(20)11-4-1-5-12(9-11)16(21)22/h2-3,6,11-12H,1,4-5,7-9H2,(H,19,20)(H,21,22). The van der Waals surface area contributed by atoms with E-state index < -0.39 is 23.5 Å². The third-order valence-electron chi connectivity index (χ3n) is 4.12. The van der Waals surface area contributed by atoms with Crippen LogP contribution in [0.25, 0.3) is 0 Å². The second-order valence-electron chi connectivity index (χ2n) is 5.65. The minimum Gasteiger partial charge on any atom is -0.481 e. The summed E-state index contributed by atoms with van der Waals surface area (Å²) in [6.45, 7) is 0.202. The third kappa shape index (κ3) is 4.02. The number of hydrogen-bond donors (Lipinski definition) is 2. The van der Waals surface area contributed by atoms with E-state index in [0.717, 1.165) is 6.07 Å². The average Bonchev–Trinajstić information content (AvgIpc) is 2.51. The number of halogens is 2. The molecule has 2 unspecified atom stereocenters. The molecule has 0 spiro atoms. The van der Waals surface area contributed by atoms with Crippen molar-refractivity contribution in [2.75, 3.05) is 6.54 Å². The predicted molar refractivity (Wildman–Crippen MR) is 76.2 cm³/mol. The molecule has 0 heterocycles. The number of nitrogens with one attached hydrogen (secondary N) is 1. The zero-order chi connectivity index (χ0) is 16.1. The normalized spacial score (nSPS) is 21.4. The van der Waals surface area contributed by atoms with Gasteiger partial charge in [-0.3, -0.25) is 9.59 Å². The summed E-state index contributed by atoms with van der Waals surface area (Å²) in [4.78, 5) is 23.0. The van der Waals surface area contributed by atoms with Crippen molar-refractivity contribution in [3.05, 3.63) is 35.4 Å². The Hall–Kier alpha value is -1.98. The molecule has 1 saturated carbocycles. The van der Waals surface area contributed by atoms with Crippen LogP contribution < -0.4 is 5.32 Å². The molecule has 0 aliphatic heterocycles. The van der Waals surface area contributed by atoms with Crippen molar-refractivity contribution in [1.29, 1.82) is 0 Å². The molecule has 1 aromatic carbocycles. The fraction of sp³-hybridized carbons (Fsp3) is 0.500. The van der Waals surface area contributed by atoms with Gasteiger partial charge in [-0.25, -0.2) is 8.78 Å². The molecular formula is C16H19F2NO3. The molecule has 4 nitrogen and oxygen atoms in total. The first-order valence-corrected chi connectivity index (χ1v) is 7.42. The third-order valence-corrected chi connectivity index (χ3v) is 4.12. The van der Waals surface area contributed by atoms with Crippen LogP contribution in [0.1, 0.15) is 31.2 Å². The molecule has 1 amide bonds. The van der Waals surface area contributed by atoms with Gasteiger partial charge < -0.3 is 10.4 Å². The number of carbonyl (C=O) groups excluding carboxylic acids is 1. The summed E-state index contributed by atoms with van der Waals surface area (Å²) in [7, 11) is 0. The number of aliphatic carboxylic acids is 1. The highest BCUT2D eigenvalue weighted by molar-refractivity contribution is 5.80. The van der Waals surface area contributed by atoms with E-state index >= 15 is 0 Å². The first-order chi connectivity index (χ1) is 10.5. The van der Waals surface area contributed by atoms with Gasteiger partial charge in [0.15, 0.2) is 11.6 Å². The van der Waals surface area contributed by atoms with Crippen LogP contribution >= 0.6 is 0 Å². The highest BCUT2D eigenvalue weighted by Crippen LogP contribution is 2.29. The van der Waals surface area contributed by atoms with Gasteiger partial charge in [-0.15, -0.1) is 0 Å². The Morgan fingerprint density at radius 3 is 2.68 bits per heavy atom. The van der Waals surface area contributed by atoms with Gasteiger partial charge in [0.05, 0.1) is 5.92 Å². The van der Waals surface area contributed by atoms with E-state index in [-0.39, 0.29) is 30.4 Å². The minimum absolute atomic E-state index is 0.199. The van der Waals surface area contributed by atoms with Gasteiger partial charge in [0.2, 0.25) is 5.91 Å². The predicted octanol–water partition coefficient (Wildman–Crippen LogP) is 2.51. The van der Waals surface area contributed by atoms with Crippen LogP contribution in [0.15, 0.2) is 18.2 Å². The Morgan fingerprint density at radius 2 is 1.95 bits per heavy atom. The van der Waals surface area contributed by atoms with Gasteiger partial charge in [0.25, 0.3) is 0 Å². The SMILES string of the molecule is O=C(O)C1CCCC(C(=O)NCCc2cccc(F)c2F)C1. The molecule has 120 valence electrons. The monoisotopic (exact) mass is 311 g/mol. The Labute approximate surface area is 127 Å². The first kappa shape index (κ1) is 16.4. The van der Waals surface area contributed by atoms with Crippen LogP contribution in [0.5, 0.6) is 0 Å². The quantitative estimate of drug-likeness (QED) is 0.878. The molecular weight excluding hydrogens is 292 g/mol. The van der Waals surface area contributed by atoms with Gasteiger partial charge >= 0.3 is 5.97 Å². The Bertz CT molecular complexity index is 562. The summed E-state index contributed by atoms with van der Waals surface area (Å²) < 4.78 is 26.5. The van der Waals surface area contributed by atoms with Gasteiger partial charge in [-0.05, 0) is 37.3 Å². The van der Waals surface area contributed by atoms with Crippen LogP contribution in [0.4, 0.5) is 8.78 Å². The van der Waals surface area contributed by atoms with Crippen molar-refractivity contribution in [2.45, 2.75) is 32.1 Å². The number of rotatable bonds is 5. The summed E-state index contributed by atoms with van der Waals surface area (Å²) >= 11 is 0. The maximum absolute atomic E-state index is 13.5. The Morgan fingerprint density at radius 1 is 1.23 bits per heavy atom. The van der Waals surface area contributed by atoms with E-state index in [0.29, 0.717) is 25.7 Å². The number of hydrogen-bond acceptors (Lipinski definition) is 2. The van der Waals surface area contributed by atoms with Crippen molar-refractivity contribution in [2.24, 2.45) is 11.8 Å². The van der Waals surface area contributed by atoms with Crippen LogP contribution in [-0.2, 0) is 16.0 Å². The Balaban J connectivity index is 1.82. The van der Waals surface area contributed by atoms with E-state index in [1.165, 1.54) is 12.1 Å². The van der Waals surface area contributed by atoms with Gasteiger partial charge in [0.1, 0.15) is 0 Å². The topological polar surface area (TPSA) is 66.4 Å². The molecule has 2 N–H and O–H groups in total. The maximum Gasteiger partial charge on any atom is 0.306 e. The molecule has 2 rings (SSSR count). The number of amides is 1. The summed E-state index contributed by atoms with van der Waals surface area (Å²) in [6.07, 6.45) is 2.53. The van der Waals surface area contributed by atoms with Crippen molar-refractivity contribution in [1.82, 2.24) is 5.32 Å². The zero-order valence-corrected chi connectivity index (χ0v) is 12.1. The second-order valence-corrected chi connectivity index (χ2v) is 5.65. The number of carboxylic acid groups (broad SMARTS) is 1. The summed E-state index contributed by atoms with van der Waals surface area (Å²) in [5.41, 5.74) is 0.215. The lowest BCUT2D eigenvalue weighted by Crippen LogP contribution is -2.36. The molecule has 2 atom stereocenters. The number of carbonyl (C=O) groups is 2. The Kier molecular flexibility index (Phi) is 5.46. The molecule has 1 aliphatic rings. The largest absolute Gasteiger partial charge is 0.481 e. The second kappa shape index (κ2) is 7.33. The summed E-state index contributed by atoms with van der Waals surface area (Å²) in [5, 5.41) is 11.7. The molecule has 0 aromatic heterocycles. The molecule has 1 aromatic rings. The lowest BCUT2D eigenvalue weighted by atomic mass is 9.81. The summed E-state index contributed by atoms with van der Waals surface area (Å²) in [6, 6.07) is 3.95. The highest BCUT2D eigenvalue weighted by atomic mass is 19.2. The smallest absolute Gasteiger partial charge is 0.306 e. The molecule has 6 heteroatoms. The van der Waals surface area contributed by atoms with E-state index in [1.54, 1.807) is 0 Å². The fourth-order valence-corrected chi connectivity index (χ4v) is 2.86. The van der Waals surface area contributed by atoms with Crippen LogP contribution in [0, 0.1) is 23.5 Å². The van der Waals surface area contributed by atoms with Crippen molar-refractivity contribution in [3.63, 3.8) is 0 Å². The van der Waals surface area contributed by atoms with Gasteiger partial charge in [-0.2, -0.15) is 0 Å². The lowest BCUT2D eigenvalue weighted by Gasteiger charge is -2.25. The van der Waals surface area contributed by atoms with Crippen LogP contribution in [0.3, 0.4) is 0 Å². The maximum atomic E-state index is 13.5. The van der Waals surface area contributed by atoms with E-state index in [1.807, 2.05) is 0 Å². The number of benzene rings is 1. The van der Waals surface area contributed by atoms with Crippen molar-refractivity contribution < 1.29 is 23.5 Å². The summed E-state index contributed by atoms with van der Waals surface area (Å²) in [5.74, 6) is -3.64. The van der Waals surface area contributed by atoms with Gasteiger partial charge in [0, 0.05) is 12.5 Å². The van der Waals surface area contributed by atoms with Crippen molar-refractivity contribution >= 4 is 11.9 Å². The molecule has 0 bridgehead atoms. The molecule has 1 aliphatic carbocycles. The van der Waals surface area contributed by atoms with E-state index in [9.17, 15) is 18.4 Å².